The minimum Gasteiger partial charge on any atom is -0.496 e. The number of nitrogens with one attached hydrogen (secondary N) is 1. The molecule has 0 aliphatic heterocycles. The van der Waals surface area contributed by atoms with Crippen LogP contribution < -0.4 is 10.1 Å². The number of rotatable bonds is 7. The number of carbonyl (C=O) groups is 2. The highest BCUT2D eigenvalue weighted by Crippen LogP contribution is 2.25. The summed E-state index contributed by atoms with van der Waals surface area (Å²) in [4.78, 5) is 34.7. The number of methoxy groups -OCH3 is 2. The SMILES string of the molecule is COC(=O)c1cc(C(=O)Nc2nnc(Cc3ccccc3OC)s2)cc([N+](=O)[O-])c1. The van der Waals surface area contributed by atoms with Gasteiger partial charge >= 0.3 is 5.97 Å². The van der Waals surface area contributed by atoms with Gasteiger partial charge in [-0.2, -0.15) is 0 Å². The molecule has 154 valence electrons. The van der Waals surface area contributed by atoms with Gasteiger partial charge in [-0.1, -0.05) is 29.5 Å². The summed E-state index contributed by atoms with van der Waals surface area (Å²) in [6, 6.07) is 10.8. The lowest BCUT2D eigenvalue weighted by atomic mass is 10.1. The summed E-state index contributed by atoms with van der Waals surface area (Å²) in [6.07, 6.45) is 0.459. The maximum absolute atomic E-state index is 12.6. The number of esters is 1. The van der Waals surface area contributed by atoms with Crippen molar-refractivity contribution >= 4 is 34.0 Å². The number of hydrogen-bond acceptors (Lipinski definition) is 9. The number of anilines is 1. The van der Waals surface area contributed by atoms with Gasteiger partial charge < -0.3 is 9.47 Å². The van der Waals surface area contributed by atoms with E-state index in [1.165, 1.54) is 6.07 Å². The van der Waals surface area contributed by atoms with Crippen LogP contribution >= 0.6 is 11.3 Å². The van der Waals surface area contributed by atoms with Crippen molar-refractivity contribution in [1.29, 1.82) is 0 Å². The van der Waals surface area contributed by atoms with Crippen molar-refractivity contribution in [2.24, 2.45) is 0 Å². The van der Waals surface area contributed by atoms with Crippen molar-refractivity contribution < 1.29 is 24.0 Å². The summed E-state index contributed by atoms with van der Waals surface area (Å²) in [5.74, 6) is -0.739. The number of benzene rings is 2. The van der Waals surface area contributed by atoms with Gasteiger partial charge in [0.1, 0.15) is 10.8 Å². The van der Waals surface area contributed by atoms with E-state index in [1.54, 1.807) is 7.11 Å². The number of ether oxygens (including phenoxy) is 2. The molecule has 0 saturated heterocycles. The zero-order valence-corrected chi connectivity index (χ0v) is 16.8. The zero-order chi connectivity index (χ0) is 21.7. The van der Waals surface area contributed by atoms with Crippen LogP contribution in [0.4, 0.5) is 10.8 Å². The second-order valence-electron chi connectivity index (χ2n) is 5.96. The van der Waals surface area contributed by atoms with Gasteiger partial charge in [-0.25, -0.2) is 4.79 Å². The number of para-hydroxylation sites is 1. The summed E-state index contributed by atoms with van der Waals surface area (Å²) in [6.45, 7) is 0. The van der Waals surface area contributed by atoms with E-state index in [9.17, 15) is 19.7 Å². The average Bonchev–Trinajstić information content (AvgIpc) is 3.19. The van der Waals surface area contributed by atoms with E-state index >= 15 is 0 Å². The lowest BCUT2D eigenvalue weighted by molar-refractivity contribution is -0.384. The van der Waals surface area contributed by atoms with Gasteiger partial charge in [0.2, 0.25) is 5.13 Å². The van der Waals surface area contributed by atoms with Crippen LogP contribution in [0.25, 0.3) is 0 Å². The topological polar surface area (TPSA) is 134 Å². The van der Waals surface area contributed by atoms with Crippen LogP contribution in [-0.2, 0) is 11.2 Å². The van der Waals surface area contributed by atoms with E-state index in [0.29, 0.717) is 17.2 Å². The summed E-state index contributed by atoms with van der Waals surface area (Å²) in [7, 11) is 2.72. The van der Waals surface area contributed by atoms with Crippen LogP contribution in [0, 0.1) is 10.1 Å². The van der Waals surface area contributed by atoms with Crippen LogP contribution in [0.1, 0.15) is 31.3 Å². The van der Waals surface area contributed by atoms with Crippen LogP contribution in [0.3, 0.4) is 0 Å². The first-order valence-corrected chi connectivity index (χ1v) is 9.36. The number of nitrogens with zero attached hydrogens (tertiary/aromatic N) is 3. The predicted octanol–water partition coefficient (Wildman–Crippen LogP) is 3.08. The van der Waals surface area contributed by atoms with Gasteiger partial charge in [0.25, 0.3) is 11.6 Å². The molecule has 1 N–H and O–H groups in total. The van der Waals surface area contributed by atoms with E-state index in [1.807, 2.05) is 24.3 Å². The van der Waals surface area contributed by atoms with Crippen LogP contribution in [0.2, 0.25) is 0 Å². The zero-order valence-electron chi connectivity index (χ0n) is 15.9. The Labute approximate surface area is 174 Å². The molecular formula is C19H16N4O6S. The fourth-order valence-corrected chi connectivity index (χ4v) is 3.40. The van der Waals surface area contributed by atoms with E-state index in [-0.39, 0.29) is 16.3 Å². The number of hydrogen-bond donors (Lipinski definition) is 1. The Morgan fingerprint density at radius 3 is 2.57 bits per heavy atom. The smallest absolute Gasteiger partial charge is 0.338 e. The van der Waals surface area contributed by atoms with Gasteiger partial charge in [0.15, 0.2) is 0 Å². The summed E-state index contributed by atoms with van der Waals surface area (Å²) < 4.78 is 9.89. The number of nitro benzene ring substituents is 1. The number of nitro groups is 1. The van der Waals surface area contributed by atoms with Gasteiger partial charge in [0, 0.05) is 29.7 Å². The molecule has 0 spiro atoms. The van der Waals surface area contributed by atoms with Crippen molar-refractivity contribution in [2.75, 3.05) is 19.5 Å². The first kappa shape index (κ1) is 20.9. The molecular weight excluding hydrogens is 412 g/mol. The monoisotopic (exact) mass is 428 g/mol. The fraction of sp³-hybridized carbons (Fsp3) is 0.158. The Morgan fingerprint density at radius 2 is 1.87 bits per heavy atom. The molecule has 10 nitrogen and oxygen atoms in total. The van der Waals surface area contributed by atoms with E-state index in [4.69, 9.17) is 4.74 Å². The Bertz CT molecular complexity index is 1110. The Kier molecular flexibility index (Phi) is 6.32. The lowest BCUT2D eigenvalue weighted by Crippen LogP contribution is -2.14. The number of non-ortho nitro benzene ring substituents is 1. The molecule has 0 saturated carbocycles. The molecule has 0 aliphatic rings. The van der Waals surface area contributed by atoms with Crippen molar-refractivity contribution in [3.63, 3.8) is 0 Å². The standard InChI is InChI=1S/C19H16N4O6S/c1-28-15-6-4-3-5-11(15)10-16-21-22-19(30-16)20-17(24)12-7-13(18(25)29-2)9-14(8-12)23(26)27/h3-9H,10H2,1-2H3,(H,20,22,24). The first-order valence-electron chi connectivity index (χ1n) is 8.54. The third-order valence-corrected chi connectivity index (χ3v) is 4.87. The molecule has 3 aromatic rings. The Morgan fingerprint density at radius 1 is 1.13 bits per heavy atom. The fourth-order valence-electron chi connectivity index (χ4n) is 2.64. The van der Waals surface area contributed by atoms with Crippen LogP contribution in [-0.4, -0.2) is 41.2 Å². The molecule has 0 radical (unpaired) electrons. The van der Waals surface area contributed by atoms with Crippen LogP contribution in [0.5, 0.6) is 5.75 Å². The molecule has 1 aromatic heterocycles. The van der Waals surface area contributed by atoms with Crippen molar-refractivity contribution in [3.05, 3.63) is 74.3 Å². The summed E-state index contributed by atoms with van der Waals surface area (Å²) >= 11 is 1.16. The highest BCUT2D eigenvalue weighted by molar-refractivity contribution is 7.15. The molecule has 30 heavy (non-hydrogen) atoms. The van der Waals surface area contributed by atoms with Crippen molar-refractivity contribution in [3.8, 4) is 5.75 Å². The maximum Gasteiger partial charge on any atom is 0.338 e. The number of amides is 1. The first-order chi connectivity index (χ1) is 14.4. The second-order valence-corrected chi connectivity index (χ2v) is 7.02. The van der Waals surface area contributed by atoms with Gasteiger partial charge in [0.05, 0.1) is 24.7 Å². The average molecular weight is 428 g/mol. The normalized spacial score (nSPS) is 10.3. The molecule has 1 amide bonds. The Balaban J connectivity index is 1.79. The Hall–Kier alpha value is -3.86. The summed E-state index contributed by atoms with van der Waals surface area (Å²) in [5.41, 5.74) is 0.324. The maximum atomic E-state index is 12.6. The summed E-state index contributed by atoms with van der Waals surface area (Å²) in [5, 5.41) is 22.5. The molecule has 0 atom stereocenters. The largest absolute Gasteiger partial charge is 0.496 e. The molecule has 1 heterocycles. The quantitative estimate of drug-likeness (QED) is 0.345. The highest BCUT2D eigenvalue weighted by Gasteiger charge is 2.19. The van der Waals surface area contributed by atoms with Gasteiger partial charge in [-0.3, -0.25) is 20.2 Å². The van der Waals surface area contributed by atoms with Crippen molar-refractivity contribution in [1.82, 2.24) is 10.2 Å². The molecule has 0 aliphatic carbocycles. The second kappa shape index (κ2) is 9.09. The van der Waals surface area contributed by atoms with E-state index < -0.39 is 22.5 Å². The minimum atomic E-state index is -0.789. The number of carbonyl (C=O) groups excluding carboxylic acids is 2. The molecule has 2 aromatic carbocycles. The predicted molar refractivity (Wildman–Crippen MR) is 108 cm³/mol. The molecule has 11 heteroatoms. The molecule has 0 fully saturated rings. The third-order valence-electron chi connectivity index (χ3n) is 4.03. The van der Waals surface area contributed by atoms with Gasteiger partial charge in [-0.05, 0) is 12.1 Å². The third kappa shape index (κ3) is 4.75. The van der Waals surface area contributed by atoms with Crippen molar-refractivity contribution in [2.45, 2.75) is 6.42 Å². The lowest BCUT2D eigenvalue weighted by Gasteiger charge is -2.05. The number of aromatic nitrogens is 2. The van der Waals surface area contributed by atoms with Crippen LogP contribution in [0.15, 0.2) is 42.5 Å². The van der Waals surface area contributed by atoms with E-state index in [2.05, 4.69) is 20.3 Å². The molecule has 3 rings (SSSR count). The molecule has 0 unspecified atom stereocenters. The van der Waals surface area contributed by atoms with Gasteiger partial charge in [-0.15, -0.1) is 10.2 Å². The van der Waals surface area contributed by atoms with E-state index in [0.717, 1.165) is 36.1 Å². The minimum absolute atomic E-state index is 0.0777. The highest BCUT2D eigenvalue weighted by atomic mass is 32.1. The molecule has 0 bridgehead atoms.